The van der Waals surface area contributed by atoms with Crippen molar-refractivity contribution in [2.45, 2.75) is 66.3 Å². The highest BCUT2D eigenvalue weighted by Gasteiger charge is 2.34. The molecule has 9 nitrogen and oxygen atoms in total. The predicted octanol–water partition coefficient (Wildman–Crippen LogP) is 5.48. The van der Waals surface area contributed by atoms with Crippen LogP contribution in [0, 0.1) is 20.8 Å². The van der Waals surface area contributed by atoms with Gasteiger partial charge in [0.15, 0.2) is 0 Å². The fourth-order valence-electron chi connectivity index (χ4n) is 4.09. The average molecular weight is 505 g/mol. The molecular formula is C28H32N4O5. The molecule has 0 radical (unpaired) electrons. The number of hydrogen-bond donors (Lipinski definition) is 1. The highest BCUT2D eigenvalue weighted by molar-refractivity contribution is 5.77. The maximum atomic E-state index is 11.8. The molecule has 0 saturated carbocycles. The SMILES string of the molecule is CCC(C)(Oc1c(C)cc(CN(Cc2nc(-c3ccccc3)no2)Cc2ncc(C)o2)cc1C)C(=O)O. The molecule has 9 heteroatoms. The summed E-state index contributed by atoms with van der Waals surface area (Å²) in [5.74, 6) is 1.96. The number of rotatable bonds is 11. The minimum Gasteiger partial charge on any atom is -0.478 e. The summed E-state index contributed by atoms with van der Waals surface area (Å²) in [6, 6.07) is 13.7. The van der Waals surface area contributed by atoms with Crippen molar-refractivity contribution in [3.8, 4) is 17.1 Å². The molecule has 0 aliphatic carbocycles. The Balaban J connectivity index is 1.57. The number of oxazole rings is 1. The van der Waals surface area contributed by atoms with Gasteiger partial charge in [-0.25, -0.2) is 9.78 Å². The minimum atomic E-state index is -1.29. The number of aryl methyl sites for hydroxylation is 3. The summed E-state index contributed by atoms with van der Waals surface area (Å²) in [6.07, 6.45) is 2.04. The van der Waals surface area contributed by atoms with Gasteiger partial charge < -0.3 is 18.8 Å². The molecule has 4 rings (SSSR count). The van der Waals surface area contributed by atoms with E-state index in [4.69, 9.17) is 13.7 Å². The first-order valence-corrected chi connectivity index (χ1v) is 12.2. The third-order valence-corrected chi connectivity index (χ3v) is 6.27. The molecule has 2 aromatic carbocycles. The summed E-state index contributed by atoms with van der Waals surface area (Å²) in [4.78, 5) is 22.8. The Bertz CT molecular complexity index is 1340. The molecule has 2 aromatic heterocycles. The van der Waals surface area contributed by atoms with Crippen molar-refractivity contribution in [1.82, 2.24) is 20.0 Å². The molecule has 2 heterocycles. The Kier molecular flexibility index (Phi) is 7.73. The topological polar surface area (TPSA) is 115 Å². The van der Waals surface area contributed by atoms with Gasteiger partial charge in [-0.2, -0.15) is 4.98 Å². The van der Waals surface area contributed by atoms with Crippen molar-refractivity contribution in [2.24, 2.45) is 0 Å². The van der Waals surface area contributed by atoms with Crippen LogP contribution in [-0.2, 0) is 24.4 Å². The van der Waals surface area contributed by atoms with Crippen molar-refractivity contribution >= 4 is 5.97 Å². The van der Waals surface area contributed by atoms with E-state index >= 15 is 0 Å². The van der Waals surface area contributed by atoms with E-state index in [1.165, 1.54) is 0 Å². The first-order chi connectivity index (χ1) is 17.7. The predicted molar refractivity (Wildman–Crippen MR) is 137 cm³/mol. The van der Waals surface area contributed by atoms with Gasteiger partial charge in [0.2, 0.25) is 23.2 Å². The van der Waals surface area contributed by atoms with Crippen molar-refractivity contribution in [1.29, 1.82) is 0 Å². The van der Waals surface area contributed by atoms with Crippen molar-refractivity contribution < 1.29 is 23.6 Å². The first-order valence-electron chi connectivity index (χ1n) is 12.2. The maximum Gasteiger partial charge on any atom is 0.347 e. The van der Waals surface area contributed by atoms with Crippen LogP contribution in [0.2, 0.25) is 0 Å². The second-order valence-corrected chi connectivity index (χ2v) is 9.44. The van der Waals surface area contributed by atoms with Gasteiger partial charge in [-0.3, -0.25) is 4.90 Å². The zero-order chi connectivity index (χ0) is 26.6. The normalized spacial score (nSPS) is 13.0. The van der Waals surface area contributed by atoms with Gasteiger partial charge in [-0.15, -0.1) is 0 Å². The fourth-order valence-corrected chi connectivity index (χ4v) is 4.09. The zero-order valence-electron chi connectivity index (χ0n) is 21.8. The lowest BCUT2D eigenvalue weighted by atomic mass is 10.0. The second kappa shape index (κ2) is 11.0. The monoisotopic (exact) mass is 504 g/mol. The standard InChI is InChI=1S/C28H32N4O5/c1-6-28(5,27(33)34)36-25-18(2)12-21(13-19(25)3)15-32(16-23-29-14-20(4)35-23)17-24-30-26(31-37-24)22-10-8-7-9-11-22/h7-14H,6,15-17H2,1-5H3,(H,33,34). The maximum absolute atomic E-state index is 11.8. The number of carboxylic acids is 1. The van der Waals surface area contributed by atoms with Gasteiger partial charge in [-0.1, -0.05) is 54.5 Å². The molecule has 4 aromatic rings. The second-order valence-electron chi connectivity index (χ2n) is 9.44. The fraction of sp³-hybridized carbons (Fsp3) is 0.357. The number of aliphatic carboxylic acids is 1. The largest absolute Gasteiger partial charge is 0.478 e. The molecule has 1 unspecified atom stereocenters. The van der Waals surface area contributed by atoms with Crippen LogP contribution in [-0.4, -0.2) is 36.7 Å². The summed E-state index contributed by atoms with van der Waals surface area (Å²) in [5, 5.41) is 13.8. The van der Waals surface area contributed by atoms with E-state index in [0.29, 0.717) is 49.4 Å². The van der Waals surface area contributed by atoms with E-state index in [1.807, 2.05) is 63.2 Å². The van der Waals surface area contributed by atoms with E-state index in [-0.39, 0.29) is 0 Å². The third-order valence-electron chi connectivity index (χ3n) is 6.27. The molecule has 0 amide bonds. The van der Waals surface area contributed by atoms with Crippen LogP contribution in [0.25, 0.3) is 11.4 Å². The molecular weight excluding hydrogens is 472 g/mol. The molecule has 0 bridgehead atoms. The third kappa shape index (κ3) is 6.24. The summed E-state index contributed by atoms with van der Waals surface area (Å²) in [6.45, 7) is 10.5. The molecule has 37 heavy (non-hydrogen) atoms. The number of hydrogen-bond acceptors (Lipinski definition) is 8. The number of nitrogens with zero attached hydrogens (tertiary/aromatic N) is 4. The Hall–Kier alpha value is -3.98. The van der Waals surface area contributed by atoms with Crippen molar-refractivity contribution in [2.75, 3.05) is 0 Å². The molecule has 0 spiro atoms. The van der Waals surface area contributed by atoms with Crippen LogP contribution in [0.15, 0.2) is 57.6 Å². The highest BCUT2D eigenvalue weighted by atomic mass is 16.5. The lowest BCUT2D eigenvalue weighted by Crippen LogP contribution is -2.41. The molecule has 0 fully saturated rings. The number of carbonyl (C=O) groups is 1. The molecule has 194 valence electrons. The Labute approximate surface area is 216 Å². The van der Waals surface area contributed by atoms with E-state index in [9.17, 15) is 9.90 Å². The van der Waals surface area contributed by atoms with Crippen LogP contribution in [0.3, 0.4) is 0 Å². The molecule has 1 atom stereocenters. The van der Waals surface area contributed by atoms with E-state index in [2.05, 4.69) is 20.0 Å². The number of ether oxygens (including phenoxy) is 1. The van der Waals surface area contributed by atoms with E-state index in [0.717, 1.165) is 28.0 Å². The van der Waals surface area contributed by atoms with E-state index in [1.54, 1.807) is 20.0 Å². The van der Waals surface area contributed by atoms with Gasteiger partial charge in [-0.05, 0) is 50.8 Å². The lowest BCUT2D eigenvalue weighted by molar-refractivity contribution is -0.154. The Morgan fingerprint density at radius 2 is 1.73 bits per heavy atom. The van der Waals surface area contributed by atoms with Crippen LogP contribution < -0.4 is 4.74 Å². The van der Waals surface area contributed by atoms with Crippen LogP contribution in [0.1, 0.15) is 54.5 Å². The van der Waals surface area contributed by atoms with E-state index < -0.39 is 11.6 Å². The summed E-state index contributed by atoms with van der Waals surface area (Å²) in [5.41, 5.74) is 2.36. The summed E-state index contributed by atoms with van der Waals surface area (Å²) in [7, 11) is 0. The molecule has 0 aliphatic rings. The lowest BCUT2D eigenvalue weighted by Gasteiger charge is -2.27. The van der Waals surface area contributed by atoms with Gasteiger partial charge in [0.1, 0.15) is 11.5 Å². The quantitative estimate of drug-likeness (QED) is 0.283. The van der Waals surface area contributed by atoms with Crippen LogP contribution >= 0.6 is 0 Å². The molecule has 0 saturated heterocycles. The van der Waals surface area contributed by atoms with Gasteiger partial charge >= 0.3 is 5.97 Å². The zero-order valence-corrected chi connectivity index (χ0v) is 21.8. The van der Waals surface area contributed by atoms with Gasteiger partial charge in [0, 0.05) is 12.1 Å². The van der Waals surface area contributed by atoms with Crippen LogP contribution in [0.4, 0.5) is 0 Å². The van der Waals surface area contributed by atoms with Gasteiger partial charge in [0.25, 0.3) is 0 Å². The number of benzene rings is 2. The average Bonchev–Trinajstić information content (AvgIpc) is 3.50. The van der Waals surface area contributed by atoms with Gasteiger partial charge in [0.05, 0.1) is 19.3 Å². The number of carboxylic acid groups (broad SMARTS) is 1. The first kappa shape index (κ1) is 26.1. The van der Waals surface area contributed by atoms with Crippen molar-refractivity contribution in [3.05, 3.63) is 82.9 Å². The summed E-state index contributed by atoms with van der Waals surface area (Å²) < 4.78 is 17.3. The molecule has 1 N–H and O–H groups in total. The highest BCUT2D eigenvalue weighted by Crippen LogP contribution is 2.31. The molecule has 0 aliphatic heterocycles. The Morgan fingerprint density at radius 1 is 1.05 bits per heavy atom. The Morgan fingerprint density at radius 3 is 2.32 bits per heavy atom. The number of aromatic nitrogens is 3. The van der Waals surface area contributed by atoms with Crippen molar-refractivity contribution in [3.63, 3.8) is 0 Å². The van der Waals surface area contributed by atoms with Crippen LogP contribution in [0.5, 0.6) is 5.75 Å². The summed E-state index contributed by atoms with van der Waals surface area (Å²) >= 11 is 0. The minimum absolute atomic E-state index is 0.349. The smallest absolute Gasteiger partial charge is 0.347 e.